The summed E-state index contributed by atoms with van der Waals surface area (Å²) in [5, 5.41) is 1.75. The molecule has 0 saturated carbocycles. The highest BCUT2D eigenvalue weighted by molar-refractivity contribution is 7.98. The molecular weight excluding hydrogens is 228 g/mol. The minimum absolute atomic E-state index is 0.773. The summed E-state index contributed by atoms with van der Waals surface area (Å²) in [4.78, 5) is 7.86. The van der Waals surface area contributed by atoms with Crippen molar-refractivity contribution in [1.82, 2.24) is 9.97 Å². The van der Waals surface area contributed by atoms with Crippen LogP contribution in [0.3, 0.4) is 0 Å². The molecule has 0 spiro atoms. The van der Waals surface area contributed by atoms with E-state index >= 15 is 0 Å². The fraction of sp³-hybridized carbons (Fsp3) is 0.182. The van der Waals surface area contributed by atoms with Crippen molar-refractivity contribution in [2.24, 2.45) is 0 Å². The van der Waals surface area contributed by atoms with Crippen LogP contribution in [0.4, 0.5) is 0 Å². The third kappa shape index (κ3) is 1.38. The van der Waals surface area contributed by atoms with Crippen LogP contribution in [0, 0.1) is 0 Å². The summed E-state index contributed by atoms with van der Waals surface area (Å²) in [7, 11) is 0. The standard InChI is InChI=1S/C11H9ClN2S/c1-15-11-13-9-4-6-2-3-7(12)5-8(6)10(9)14-11/h2-3,5H,4H2,1H3,(H,13,14). The molecule has 1 aromatic carbocycles. The molecule has 2 nitrogen and oxygen atoms in total. The second kappa shape index (κ2) is 3.29. The quantitative estimate of drug-likeness (QED) is 0.657. The summed E-state index contributed by atoms with van der Waals surface area (Å²) in [6.07, 6.45) is 2.96. The van der Waals surface area contributed by atoms with E-state index < -0.39 is 0 Å². The highest BCUT2D eigenvalue weighted by Gasteiger charge is 2.22. The van der Waals surface area contributed by atoms with Crippen LogP contribution >= 0.6 is 23.4 Å². The first kappa shape index (κ1) is 9.31. The Hall–Kier alpha value is -0.930. The Bertz CT molecular complexity index is 533. The van der Waals surface area contributed by atoms with E-state index in [0.717, 1.165) is 22.3 Å². The summed E-state index contributed by atoms with van der Waals surface area (Å²) in [5.74, 6) is 0. The van der Waals surface area contributed by atoms with Crippen LogP contribution in [0.2, 0.25) is 5.02 Å². The van der Waals surface area contributed by atoms with Crippen LogP contribution in [0.15, 0.2) is 23.4 Å². The molecule has 0 aliphatic heterocycles. The Balaban J connectivity index is 2.19. The number of fused-ring (bicyclic) bond motifs is 3. The van der Waals surface area contributed by atoms with Crippen LogP contribution in [0.25, 0.3) is 11.3 Å². The largest absolute Gasteiger partial charge is 0.336 e. The Kier molecular flexibility index (Phi) is 2.04. The number of nitrogens with one attached hydrogen (secondary N) is 1. The number of rotatable bonds is 1. The topological polar surface area (TPSA) is 28.7 Å². The maximum absolute atomic E-state index is 5.99. The molecule has 1 N–H and O–H groups in total. The van der Waals surface area contributed by atoms with Gasteiger partial charge in [-0.1, -0.05) is 29.4 Å². The molecule has 0 unspecified atom stereocenters. The number of nitrogens with zero attached hydrogens (tertiary/aromatic N) is 1. The van der Waals surface area contributed by atoms with Crippen molar-refractivity contribution in [2.75, 3.05) is 6.26 Å². The van der Waals surface area contributed by atoms with Gasteiger partial charge in [0.1, 0.15) is 0 Å². The van der Waals surface area contributed by atoms with Gasteiger partial charge in [0.2, 0.25) is 0 Å². The molecule has 1 aliphatic carbocycles. The van der Waals surface area contributed by atoms with Gasteiger partial charge >= 0.3 is 0 Å². The number of H-pyrrole nitrogens is 1. The van der Waals surface area contributed by atoms with Crippen LogP contribution in [-0.2, 0) is 6.42 Å². The molecule has 0 amide bonds. The lowest BCUT2D eigenvalue weighted by atomic mass is 10.1. The summed E-state index contributed by atoms with van der Waals surface area (Å²) >= 11 is 7.62. The molecule has 2 aromatic rings. The van der Waals surface area contributed by atoms with Crippen molar-refractivity contribution >= 4 is 23.4 Å². The fourth-order valence-electron chi connectivity index (χ4n) is 1.95. The molecule has 4 heteroatoms. The van der Waals surface area contributed by atoms with Crippen LogP contribution in [0.1, 0.15) is 11.3 Å². The lowest BCUT2D eigenvalue weighted by Gasteiger charge is -1.99. The van der Waals surface area contributed by atoms with E-state index in [1.165, 1.54) is 16.8 Å². The van der Waals surface area contributed by atoms with Gasteiger partial charge in [-0.05, 0) is 24.0 Å². The molecule has 1 aromatic heterocycles. The Morgan fingerprint density at radius 3 is 3.13 bits per heavy atom. The fourth-order valence-corrected chi connectivity index (χ4v) is 2.53. The van der Waals surface area contributed by atoms with Crippen molar-refractivity contribution in [3.05, 3.63) is 34.5 Å². The summed E-state index contributed by atoms with van der Waals surface area (Å²) in [6, 6.07) is 6.00. The van der Waals surface area contributed by atoms with Gasteiger partial charge in [0, 0.05) is 22.7 Å². The number of hydrogen-bond donors (Lipinski definition) is 1. The van der Waals surface area contributed by atoms with E-state index in [2.05, 4.69) is 16.0 Å². The minimum Gasteiger partial charge on any atom is -0.336 e. The zero-order valence-corrected chi connectivity index (χ0v) is 9.75. The van der Waals surface area contributed by atoms with Gasteiger partial charge in [-0.3, -0.25) is 0 Å². The summed E-state index contributed by atoms with van der Waals surface area (Å²) < 4.78 is 0. The maximum atomic E-state index is 5.99. The van der Waals surface area contributed by atoms with E-state index in [-0.39, 0.29) is 0 Å². The number of benzene rings is 1. The molecule has 1 heterocycles. The minimum atomic E-state index is 0.773. The van der Waals surface area contributed by atoms with Crippen LogP contribution < -0.4 is 0 Å². The van der Waals surface area contributed by atoms with E-state index in [1.807, 2.05) is 18.4 Å². The highest BCUT2D eigenvalue weighted by atomic mass is 35.5. The number of aromatic amines is 1. The molecule has 3 rings (SSSR count). The molecule has 1 aliphatic rings. The number of hydrogen-bond acceptors (Lipinski definition) is 2. The van der Waals surface area contributed by atoms with Gasteiger partial charge in [0.05, 0.1) is 5.69 Å². The number of halogens is 1. The zero-order valence-electron chi connectivity index (χ0n) is 8.17. The van der Waals surface area contributed by atoms with Gasteiger partial charge < -0.3 is 4.98 Å². The zero-order chi connectivity index (χ0) is 10.4. The SMILES string of the molecule is CSc1nc2c([nH]1)Cc1ccc(Cl)cc1-2. The predicted molar refractivity (Wildman–Crippen MR) is 63.6 cm³/mol. The van der Waals surface area contributed by atoms with Crippen molar-refractivity contribution in [3.8, 4) is 11.3 Å². The van der Waals surface area contributed by atoms with Crippen LogP contribution in [-0.4, -0.2) is 16.2 Å². The second-order valence-corrected chi connectivity index (χ2v) is 4.78. The van der Waals surface area contributed by atoms with E-state index in [4.69, 9.17) is 11.6 Å². The molecule has 0 fully saturated rings. The van der Waals surface area contributed by atoms with Crippen molar-refractivity contribution in [1.29, 1.82) is 0 Å². The number of imidazole rings is 1. The molecular formula is C11H9ClN2S. The molecule has 0 radical (unpaired) electrons. The maximum Gasteiger partial charge on any atom is 0.165 e. The smallest absolute Gasteiger partial charge is 0.165 e. The van der Waals surface area contributed by atoms with Gasteiger partial charge in [-0.2, -0.15) is 0 Å². The molecule has 0 atom stereocenters. The van der Waals surface area contributed by atoms with Crippen LogP contribution in [0.5, 0.6) is 0 Å². The molecule has 15 heavy (non-hydrogen) atoms. The first-order valence-electron chi connectivity index (χ1n) is 4.69. The molecule has 0 saturated heterocycles. The average Bonchev–Trinajstić information content (AvgIpc) is 2.75. The number of thioether (sulfide) groups is 1. The summed E-state index contributed by atoms with van der Waals surface area (Å²) in [6.45, 7) is 0. The molecule has 76 valence electrons. The lowest BCUT2D eigenvalue weighted by Crippen LogP contribution is -1.83. The second-order valence-electron chi connectivity index (χ2n) is 3.55. The summed E-state index contributed by atoms with van der Waals surface area (Å²) in [5.41, 5.74) is 4.75. The molecule has 0 bridgehead atoms. The number of aromatic nitrogens is 2. The first-order valence-corrected chi connectivity index (χ1v) is 6.30. The third-order valence-electron chi connectivity index (χ3n) is 2.64. The average molecular weight is 237 g/mol. The van der Waals surface area contributed by atoms with Gasteiger partial charge in [-0.15, -0.1) is 0 Å². The van der Waals surface area contributed by atoms with Crippen molar-refractivity contribution in [3.63, 3.8) is 0 Å². The Morgan fingerprint density at radius 2 is 2.33 bits per heavy atom. The van der Waals surface area contributed by atoms with E-state index in [9.17, 15) is 0 Å². The van der Waals surface area contributed by atoms with Gasteiger partial charge in [0.15, 0.2) is 5.16 Å². The normalized spacial score (nSPS) is 12.7. The monoisotopic (exact) mass is 236 g/mol. The lowest BCUT2D eigenvalue weighted by molar-refractivity contribution is 1.01. The van der Waals surface area contributed by atoms with Gasteiger partial charge in [0.25, 0.3) is 0 Å². The van der Waals surface area contributed by atoms with Gasteiger partial charge in [-0.25, -0.2) is 4.98 Å². The van der Waals surface area contributed by atoms with E-state index in [1.54, 1.807) is 11.8 Å². The Morgan fingerprint density at radius 1 is 1.47 bits per heavy atom. The van der Waals surface area contributed by atoms with E-state index in [0.29, 0.717) is 0 Å². The Labute approximate surface area is 97.1 Å². The predicted octanol–water partition coefficient (Wildman–Crippen LogP) is 3.36. The first-order chi connectivity index (χ1) is 7.28. The highest BCUT2D eigenvalue weighted by Crippen LogP contribution is 2.37. The van der Waals surface area contributed by atoms with Crippen molar-refractivity contribution < 1.29 is 0 Å². The third-order valence-corrected chi connectivity index (χ3v) is 3.46. The van der Waals surface area contributed by atoms with Crippen molar-refractivity contribution in [2.45, 2.75) is 11.6 Å².